The summed E-state index contributed by atoms with van der Waals surface area (Å²) >= 11 is 0. The van der Waals surface area contributed by atoms with Crippen LogP contribution in [0.1, 0.15) is 68.6 Å². The number of aryl methyl sites for hydroxylation is 1. The predicted octanol–water partition coefficient (Wildman–Crippen LogP) is 6.91. The van der Waals surface area contributed by atoms with Gasteiger partial charge in [0.25, 0.3) is 0 Å². The number of methoxy groups -OCH3 is 1. The third-order valence-corrected chi connectivity index (χ3v) is 6.57. The van der Waals surface area contributed by atoms with Crippen molar-refractivity contribution in [2.45, 2.75) is 70.5 Å². The topological polar surface area (TPSA) is 18.5 Å². The van der Waals surface area contributed by atoms with Crippen molar-refractivity contribution < 1.29 is 9.47 Å². The summed E-state index contributed by atoms with van der Waals surface area (Å²) in [5.41, 5.74) is 4.42. The van der Waals surface area contributed by atoms with E-state index in [1.807, 2.05) is 0 Å². The van der Waals surface area contributed by atoms with Gasteiger partial charge in [0.1, 0.15) is 0 Å². The first kappa shape index (κ1) is 22.8. The third-order valence-electron chi connectivity index (χ3n) is 6.57. The molecule has 0 saturated heterocycles. The average molecular weight is 407 g/mol. The second-order valence-electron chi connectivity index (χ2n) is 8.83. The first-order valence-electron chi connectivity index (χ1n) is 11.6. The fourth-order valence-corrected chi connectivity index (χ4v) is 4.71. The first-order valence-corrected chi connectivity index (χ1v) is 11.6. The Morgan fingerprint density at radius 2 is 1.53 bits per heavy atom. The molecule has 0 spiro atoms. The Labute approximate surface area is 183 Å². The molecule has 0 fully saturated rings. The lowest BCUT2D eigenvalue weighted by atomic mass is 9.80. The van der Waals surface area contributed by atoms with Crippen LogP contribution in [0.4, 0.5) is 0 Å². The number of unbranched alkanes of at least 4 members (excludes halogenated alkanes) is 1. The van der Waals surface area contributed by atoms with Gasteiger partial charge in [-0.15, -0.1) is 0 Å². The van der Waals surface area contributed by atoms with Crippen molar-refractivity contribution in [3.05, 3.63) is 83.4 Å². The molecule has 162 valence electrons. The number of benzene rings is 2. The van der Waals surface area contributed by atoms with E-state index in [0.717, 1.165) is 32.3 Å². The molecule has 1 aliphatic carbocycles. The summed E-state index contributed by atoms with van der Waals surface area (Å²) in [7, 11) is 1.76. The standard InChI is InChI=1S/C28H38O2/c1-21(29-4)20-22(2)30-19-11-10-15-25-14-8-9-16-28(25)27-18-17-26(23(27)3)24-12-6-5-7-13-24/h5-9,12-14,16-18,21-23,26-27H,10-11,15,19-20H2,1-4H3/t21?,22?,23?,26?,27-/m1/s1. The van der Waals surface area contributed by atoms with Crippen LogP contribution in [0, 0.1) is 5.92 Å². The van der Waals surface area contributed by atoms with Crippen LogP contribution in [0.25, 0.3) is 0 Å². The molecule has 3 rings (SSSR count). The van der Waals surface area contributed by atoms with E-state index in [9.17, 15) is 0 Å². The highest BCUT2D eigenvalue weighted by atomic mass is 16.5. The van der Waals surface area contributed by atoms with Crippen molar-refractivity contribution >= 4 is 0 Å². The lowest BCUT2D eigenvalue weighted by Gasteiger charge is -2.24. The minimum Gasteiger partial charge on any atom is -0.382 e. The largest absolute Gasteiger partial charge is 0.382 e. The molecule has 0 aromatic heterocycles. The summed E-state index contributed by atoms with van der Waals surface area (Å²) in [6, 6.07) is 19.9. The number of hydrogen-bond acceptors (Lipinski definition) is 2. The summed E-state index contributed by atoms with van der Waals surface area (Å²) in [5, 5.41) is 0. The Bertz CT molecular complexity index is 782. The number of ether oxygens (including phenoxy) is 2. The van der Waals surface area contributed by atoms with Crippen LogP contribution in [0.2, 0.25) is 0 Å². The number of rotatable bonds is 11. The fraction of sp³-hybridized carbons (Fsp3) is 0.500. The van der Waals surface area contributed by atoms with Crippen LogP contribution in [0.3, 0.4) is 0 Å². The van der Waals surface area contributed by atoms with Gasteiger partial charge in [0, 0.05) is 25.6 Å². The lowest BCUT2D eigenvalue weighted by Crippen LogP contribution is -2.17. The number of hydrogen-bond donors (Lipinski definition) is 0. The Morgan fingerprint density at radius 3 is 2.30 bits per heavy atom. The van der Waals surface area contributed by atoms with E-state index >= 15 is 0 Å². The quantitative estimate of drug-likeness (QED) is 0.298. The minimum absolute atomic E-state index is 0.256. The van der Waals surface area contributed by atoms with Crippen LogP contribution >= 0.6 is 0 Å². The maximum Gasteiger partial charge on any atom is 0.0571 e. The predicted molar refractivity (Wildman–Crippen MR) is 126 cm³/mol. The Hall–Kier alpha value is -1.90. The van der Waals surface area contributed by atoms with Crippen molar-refractivity contribution in [3.63, 3.8) is 0 Å². The summed E-state index contributed by atoms with van der Waals surface area (Å²) in [6.45, 7) is 7.46. The summed E-state index contributed by atoms with van der Waals surface area (Å²) in [6.07, 6.45) is 9.70. The highest BCUT2D eigenvalue weighted by Gasteiger charge is 2.30. The van der Waals surface area contributed by atoms with Crippen LogP contribution in [0.15, 0.2) is 66.7 Å². The molecule has 2 heteroatoms. The highest BCUT2D eigenvalue weighted by molar-refractivity contribution is 5.39. The van der Waals surface area contributed by atoms with Gasteiger partial charge in [-0.1, -0.05) is 73.7 Å². The van der Waals surface area contributed by atoms with E-state index in [4.69, 9.17) is 9.47 Å². The molecule has 4 unspecified atom stereocenters. The molecule has 0 radical (unpaired) electrons. The van der Waals surface area contributed by atoms with Gasteiger partial charge in [0.05, 0.1) is 12.2 Å². The van der Waals surface area contributed by atoms with Crippen LogP contribution in [-0.2, 0) is 15.9 Å². The Kier molecular flexibility index (Phi) is 8.72. The van der Waals surface area contributed by atoms with E-state index in [1.165, 1.54) is 16.7 Å². The van der Waals surface area contributed by atoms with Crippen molar-refractivity contribution in [3.8, 4) is 0 Å². The van der Waals surface area contributed by atoms with Gasteiger partial charge in [0.15, 0.2) is 0 Å². The molecule has 0 bridgehead atoms. The molecule has 0 aliphatic heterocycles. The van der Waals surface area contributed by atoms with Gasteiger partial charge in [-0.2, -0.15) is 0 Å². The maximum absolute atomic E-state index is 5.97. The fourth-order valence-electron chi connectivity index (χ4n) is 4.71. The molecule has 2 aromatic rings. The Morgan fingerprint density at radius 1 is 0.833 bits per heavy atom. The lowest BCUT2D eigenvalue weighted by molar-refractivity contribution is 0.0132. The minimum atomic E-state index is 0.256. The monoisotopic (exact) mass is 406 g/mol. The zero-order chi connectivity index (χ0) is 21.3. The van der Waals surface area contributed by atoms with E-state index in [1.54, 1.807) is 7.11 Å². The van der Waals surface area contributed by atoms with E-state index in [0.29, 0.717) is 17.8 Å². The first-order chi connectivity index (χ1) is 14.6. The Balaban J connectivity index is 1.52. The van der Waals surface area contributed by atoms with Gasteiger partial charge >= 0.3 is 0 Å². The summed E-state index contributed by atoms with van der Waals surface area (Å²) < 4.78 is 11.3. The van der Waals surface area contributed by atoms with Gasteiger partial charge in [-0.3, -0.25) is 0 Å². The van der Waals surface area contributed by atoms with Gasteiger partial charge in [0.2, 0.25) is 0 Å². The zero-order valence-corrected chi connectivity index (χ0v) is 19.1. The van der Waals surface area contributed by atoms with Crippen molar-refractivity contribution in [2.24, 2.45) is 5.92 Å². The molecular formula is C28H38O2. The van der Waals surface area contributed by atoms with Crippen LogP contribution in [-0.4, -0.2) is 25.9 Å². The molecule has 2 aromatic carbocycles. The van der Waals surface area contributed by atoms with Gasteiger partial charge in [-0.25, -0.2) is 0 Å². The highest BCUT2D eigenvalue weighted by Crippen LogP contribution is 2.44. The normalized spacial score (nSPS) is 22.9. The SMILES string of the molecule is COC(C)CC(C)OCCCCc1ccccc1[C@@H]1C=CC(c2ccccc2)C1C. The number of allylic oxidation sites excluding steroid dienone is 2. The van der Waals surface area contributed by atoms with Gasteiger partial charge < -0.3 is 9.47 Å². The van der Waals surface area contributed by atoms with Crippen molar-refractivity contribution in [1.82, 2.24) is 0 Å². The third kappa shape index (κ3) is 6.06. The molecule has 0 saturated carbocycles. The second-order valence-corrected chi connectivity index (χ2v) is 8.83. The molecule has 2 nitrogen and oxygen atoms in total. The van der Waals surface area contributed by atoms with E-state index in [-0.39, 0.29) is 12.2 Å². The van der Waals surface area contributed by atoms with Crippen molar-refractivity contribution in [2.75, 3.05) is 13.7 Å². The summed E-state index contributed by atoms with van der Waals surface area (Å²) in [4.78, 5) is 0. The maximum atomic E-state index is 5.97. The molecule has 30 heavy (non-hydrogen) atoms. The molecular weight excluding hydrogens is 368 g/mol. The molecule has 0 amide bonds. The smallest absolute Gasteiger partial charge is 0.0571 e. The molecule has 0 N–H and O–H groups in total. The second kappa shape index (κ2) is 11.5. The zero-order valence-electron chi connectivity index (χ0n) is 19.1. The average Bonchev–Trinajstić information content (AvgIpc) is 3.15. The van der Waals surface area contributed by atoms with Gasteiger partial charge in [-0.05, 0) is 62.1 Å². The molecule has 0 heterocycles. The van der Waals surface area contributed by atoms with Crippen LogP contribution in [0.5, 0.6) is 0 Å². The summed E-state index contributed by atoms with van der Waals surface area (Å²) in [5.74, 6) is 1.59. The molecule has 1 aliphatic rings. The van der Waals surface area contributed by atoms with Crippen molar-refractivity contribution in [1.29, 1.82) is 0 Å². The molecule has 5 atom stereocenters. The van der Waals surface area contributed by atoms with Crippen LogP contribution < -0.4 is 0 Å². The van der Waals surface area contributed by atoms with E-state index in [2.05, 4.69) is 87.5 Å². The van der Waals surface area contributed by atoms with E-state index < -0.39 is 0 Å².